The molecule has 0 bridgehead atoms. The predicted octanol–water partition coefficient (Wildman–Crippen LogP) is 3.16. The second-order valence-electron chi connectivity index (χ2n) is 5.27. The van der Waals surface area contributed by atoms with Crippen LogP contribution in [0.2, 0.25) is 0 Å². The standard InChI is InChI=1S/C17H19NO3S/c1-10-3-6-12(7-4-10)16(15(19)17(20)21)22-14-9-11(2)5-8-13(14)18/h3-9,15-16,19H,18H2,1-2H3,(H,20,21)/t15-,16-/m1/s1. The number of hydrogen-bond acceptors (Lipinski definition) is 4. The molecular formula is C17H19NO3S. The summed E-state index contributed by atoms with van der Waals surface area (Å²) in [6.45, 7) is 3.90. The van der Waals surface area contributed by atoms with Crippen molar-refractivity contribution in [3.63, 3.8) is 0 Å². The van der Waals surface area contributed by atoms with Crippen molar-refractivity contribution in [2.24, 2.45) is 0 Å². The number of aliphatic hydroxyl groups is 1. The highest BCUT2D eigenvalue weighted by molar-refractivity contribution is 7.99. The Morgan fingerprint density at radius 3 is 2.27 bits per heavy atom. The van der Waals surface area contributed by atoms with Crippen LogP contribution in [0, 0.1) is 13.8 Å². The number of rotatable bonds is 5. The Labute approximate surface area is 134 Å². The molecule has 2 aromatic rings. The minimum absolute atomic E-state index is 0.574. The van der Waals surface area contributed by atoms with E-state index in [0.717, 1.165) is 21.6 Å². The van der Waals surface area contributed by atoms with Crippen molar-refractivity contribution in [1.82, 2.24) is 0 Å². The number of anilines is 1. The van der Waals surface area contributed by atoms with E-state index in [1.165, 1.54) is 11.8 Å². The highest BCUT2D eigenvalue weighted by Gasteiger charge is 2.28. The molecule has 0 unspecified atom stereocenters. The van der Waals surface area contributed by atoms with Crippen LogP contribution in [0.15, 0.2) is 47.4 Å². The minimum Gasteiger partial charge on any atom is -0.479 e. The highest BCUT2D eigenvalue weighted by atomic mass is 32.2. The second kappa shape index (κ2) is 6.85. The van der Waals surface area contributed by atoms with E-state index >= 15 is 0 Å². The molecule has 22 heavy (non-hydrogen) atoms. The molecule has 0 heterocycles. The number of nitrogen functional groups attached to an aromatic ring is 1. The monoisotopic (exact) mass is 317 g/mol. The molecule has 0 amide bonds. The van der Waals surface area contributed by atoms with Gasteiger partial charge in [0.25, 0.3) is 0 Å². The van der Waals surface area contributed by atoms with Crippen LogP contribution in [0.5, 0.6) is 0 Å². The second-order valence-corrected chi connectivity index (χ2v) is 6.46. The first-order chi connectivity index (χ1) is 10.4. The number of benzene rings is 2. The van der Waals surface area contributed by atoms with E-state index in [0.29, 0.717) is 5.69 Å². The molecule has 2 atom stereocenters. The lowest BCUT2D eigenvalue weighted by Crippen LogP contribution is -2.26. The third kappa shape index (κ3) is 3.81. The number of thioether (sulfide) groups is 1. The normalized spacial score (nSPS) is 13.6. The molecule has 4 N–H and O–H groups in total. The molecule has 0 fully saturated rings. The van der Waals surface area contributed by atoms with Gasteiger partial charge in [0.1, 0.15) is 0 Å². The molecule has 2 aromatic carbocycles. The topological polar surface area (TPSA) is 83.5 Å². The number of aryl methyl sites for hydroxylation is 2. The summed E-state index contributed by atoms with van der Waals surface area (Å²) in [4.78, 5) is 12.0. The lowest BCUT2D eigenvalue weighted by molar-refractivity contribution is -0.146. The molecule has 0 aliphatic heterocycles. The molecule has 0 aliphatic rings. The summed E-state index contributed by atoms with van der Waals surface area (Å²) in [6, 6.07) is 13.1. The summed E-state index contributed by atoms with van der Waals surface area (Å²) in [7, 11) is 0. The molecule has 4 nitrogen and oxygen atoms in total. The van der Waals surface area contributed by atoms with Crippen LogP contribution < -0.4 is 5.73 Å². The van der Waals surface area contributed by atoms with Crippen molar-refractivity contribution < 1.29 is 15.0 Å². The van der Waals surface area contributed by atoms with Crippen LogP contribution in [0.4, 0.5) is 5.69 Å². The molecule has 116 valence electrons. The Hall–Kier alpha value is -1.98. The van der Waals surface area contributed by atoms with Gasteiger partial charge < -0.3 is 15.9 Å². The van der Waals surface area contributed by atoms with Crippen molar-refractivity contribution >= 4 is 23.4 Å². The van der Waals surface area contributed by atoms with E-state index in [1.54, 1.807) is 6.07 Å². The number of hydrogen-bond donors (Lipinski definition) is 3. The van der Waals surface area contributed by atoms with Crippen molar-refractivity contribution in [3.8, 4) is 0 Å². The smallest absolute Gasteiger partial charge is 0.334 e. The zero-order chi connectivity index (χ0) is 16.3. The van der Waals surface area contributed by atoms with Crippen molar-refractivity contribution in [2.75, 3.05) is 5.73 Å². The fraction of sp³-hybridized carbons (Fsp3) is 0.235. The number of carbonyl (C=O) groups is 1. The molecular weight excluding hydrogens is 298 g/mol. The maximum atomic E-state index is 11.2. The third-order valence-electron chi connectivity index (χ3n) is 3.37. The zero-order valence-corrected chi connectivity index (χ0v) is 13.3. The van der Waals surface area contributed by atoms with Crippen LogP contribution in [0.3, 0.4) is 0 Å². The van der Waals surface area contributed by atoms with E-state index in [9.17, 15) is 15.0 Å². The average molecular weight is 317 g/mol. The highest BCUT2D eigenvalue weighted by Crippen LogP contribution is 2.40. The Kier molecular flexibility index (Phi) is 5.11. The van der Waals surface area contributed by atoms with E-state index in [1.807, 2.05) is 50.2 Å². The predicted molar refractivity (Wildman–Crippen MR) is 89.0 cm³/mol. The number of nitrogens with two attached hydrogens (primary N) is 1. The lowest BCUT2D eigenvalue weighted by atomic mass is 10.1. The first-order valence-corrected chi connectivity index (χ1v) is 7.76. The molecule has 5 heteroatoms. The van der Waals surface area contributed by atoms with Gasteiger partial charge in [-0.1, -0.05) is 35.9 Å². The summed E-state index contributed by atoms with van der Waals surface area (Å²) in [5.74, 6) is -1.25. The van der Waals surface area contributed by atoms with E-state index in [-0.39, 0.29) is 0 Å². The van der Waals surface area contributed by atoms with Gasteiger partial charge in [0.2, 0.25) is 0 Å². The van der Waals surface area contributed by atoms with E-state index in [2.05, 4.69) is 0 Å². The van der Waals surface area contributed by atoms with Gasteiger partial charge in [-0.2, -0.15) is 0 Å². The fourth-order valence-corrected chi connectivity index (χ4v) is 3.35. The Bertz CT molecular complexity index is 670. The van der Waals surface area contributed by atoms with Crippen LogP contribution in [-0.4, -0.2) is 22.3 Å². The Morgan fingerprint density at radius 1 is 1.09 bits per heavy atom. The van der Waals surface area contributed by atoms with Crippen LogP contribution >= 0.6 is 11.8 Å². The van der Waals surface area contributed by atoms with Gasteiger partial charge in [0, 0.05) is 10.6 Å². The molecule has 0 spiro atoms. The third-order valence-corrected chi connectivity index (χ3v) is 4.76. The number of carboxylic acids is 1. The number of aliphatic hydroxyl groups excluding tert-OH is 1. The average Bonchev–Trinajstić information content (AvgIpc) is 2.48. The van der Waals surface area contributed by atoms with Gasteiger partial charge in [0.05, 0.1) is 5.25 Å². The molecule has 0 aromatic heterocycles. The van der Waals surface area contributed by atoms with E-state index < -0.39 is 17.3 Å². The first-order valence-electron chi connectivity index (χ1n) is 6.88. The van der Waals surface area contributed by atoms with Crippen LogP contribution in [0.1, 0.15) is 21.9 Å². The Balaban J connectivity index is 2.38. The van der Waals surface area contributed by atoms with Gasteiger partial charge in [-0.15, -0.1) is 11.8 Å². The van der Waals surface area contributed by atoms with Crippen LogP contribution in [0.25, 0.3) is 0 Å². The summed E-state index contributed by atoms with van der Waals surface area (Å²) in [5.41, 5.74) is 9.40. The minimum atomic E-state index is -1.51. The summed E-state index contributed by atoms with van der Waals surface area (Å²) < 4.78 is 0. The Morgan fingerprint density at radius 2 is 1.68 bits per heavy atom. The summed E-state index contributed by atoms with van der Waals surface area (Å²) in [6.07, 6.45) is -1.51. The molecule has 0 aliphatic carbocycles. The number of aliphatic carboxylic acids is 1. The quantitative estimate of drug-likeness (QED) is 0.583. The maximum absolute atomic E-state index is 11.2. The van der Waals surface area contributed by atoms with Crippen LogP contribution in [-0.2, 0) is 4.79 Å². The fourth-order valence-electron chi connectivity index (χ4n) is 2.08. The first kappa shape index (κ1) is 16.4. The van der Waals surface area contributed by atoms with Crippen molar-refractivity contribution in [2.45, 2.75) is 30.1 Å². The SMILES string of the molecule is Cc1ccc([C@@H](Sc2cc(C)ccc2N)[C@@H](O)C(=O)O)cc1. The summed E-state index contributed by atoms with van der Waals surface area (Å²) in [5, 5.41) is 18.6. The van der Waals surface area contributed by atoms with Gasteiger partial charge in [-0.05, 0) is 37.1 Å². The molecule has 2 rings (SSSR count). The van der Waals surface area contributed by atoms with Crippen molar-refractivity contribution in [1.29, 1.82) is 0 Å². The van der Waals surface area contributed by atoms with Gasteiger partial charge in [0.15, 0.2) is 6.10 Å². The molecule has 0 saturated heterocycles. The van der Waals surface area contributed by atoms with Gasteiger partial charge >= 0.3 is 5.97 Å². The zero-order valence-electron chi connectivity index (χ0n) is 12.5. The van der Waals surface area contributed by atoms with Gasteiger partial charge in [-0.3, -0.25) is 0 Å². The maximum Gasteiger partial charge on any atom is 0.334 e. The molecule has 0 saturated carbocycles. The summed E-state index contributed by atoms with van der Waals surface area (Å²) >= 11 is 1.27. The number of carboxylic acid groups (broad SMARTS) is 1. The molecule has 0 radical (unpaired) electrons. The van der Waals surface area contributed by atoms with E-state index in [4.69, 9.17) is 5.73 Å². The largest absolute Gasteiger partial charge is 0.479 e. The van der Waals surface area contributed by atoms with Crippen molar-refractivity contribution in [3.05, 3.63) is 59.2 Å². The lowest BCUT2D eigenvalue weighted by Gasteiger charge is -2.21. The van der Waals surface area contributed by atoms with Gasteiger partial charge in [-0.25, -0.2) is 4.79 Å².